The molecular formula is C13H22N4. The smallest absolute Gasteiger partial charge is 0.128 e. The fourth-order valence-electron chi connectivity index (χ4n) is 2.24. The molecule has 0 aromatic carbocycles. The Labute approximate surface area is 103 Å². The normalized spacial score (nSPS) is 19.4. The molecule has 1 fully saturated rings. The first-order chi connectivity index (χ1) is 8.08. The van der Waals surface area contributed by atoms with E-state index in [0.29, 0.717) is 0 Å². The van der Waals surface area contributed by atoms with Gasteiger partial charge in [-0.2, -0.15) is 0 Å². The van der Waals surface area contributed by atoms with Crippen LogP contribution in [0.5, 0.6) is 0 Å². The maximum atomic E-state index is 5.90. The van der Waals surface area contributed by atoms with Gasteiger partial charge in [-0.25, -0.2) is 4.98 Å². The standard InChI is InChI=1S/C13H22N4/c1-10-8-13(15-9-12(10)11(2)14)17-6-4-16(3)5-7-17/h8-9,11H,4-7,14H2,1-3H3. The Balaban J connectivity index is 2.14. The highest BCUT2D eigenvalue weighted by atomic mass is 15.3. The number of nitrogens with zero attached hydrogens (tertiary/aromatic N) is 3. The van der Waals surface area contributed by atoms with Gasteiger partial charge in [-0.05, 0) is 38.1 Å². The van der Waals surface area contributed by atoms with Crippen molar-refractivity contribution in [2.45, 2.75) is 19.9 Å². The van der Waals surface area contributed by atoms with Crippen LogP contribution < -0.4 is 10.6 Å². The Morgan fingerprint density at radius 3 is 2.47 bits per heavy atom. The van der Waals surface area contributed by atoms with Crippen LogP contribution in [0.15, 0.2) is 12.3 Å². The molecule has 0 saturated carbocycles. The highest BCUT2D eigenvalue weighted by molar-refractivity contribution is 5.44. The summed E-state index contributed by atoms with van der Waals surface area (Å²) in [4.78, 5) is 9.23. The van der Waals surface area contributed by atoms with E-state index in [1.807, 2.05) is 13.1 Å². The molecule has 0 spiro atoms. The van der Waals surface area contributed by atoms with Crippen molar-refractivity contribution >= 4 is 5.82 Å². The summed E-state index contributed by atoms with van der Waals surface area (Å²) in [6.07, 6.45) is 1.92. The zero-order valence-electron chi connectivity index (χ0n) is 11.0. The number of piperazine rings is 1. The van der Waals surface area contributed by atoms with Gasteiger partial charge < -0.3 is 15.5 Å². The van der Waals surface area contributed by atoms with E-state index in [1.54, 1.807) is 0 Å². The van der Waals surface area contributed by atoms with Gasteiger partial charge in [0.15, 0.2) is 0 Å². The Morgan fingerprint density at radius 1 is 1.29 bits per heavy atom. The number of pyridine rings is 1. The monoisotopic (exact) mass is 234 g/mol. The van der Waals surface area contributed by atoms with Crippen molar-refractivity contribution in [3.63, 3.8) is 0 Å². The lowest BCUT2D eigenvalue weighted by Gasteiger charge is -2.33. The summed E-state index contributed by atoms with van der Waals surface area (Å²) in [6, 6.07) is 2.22. The molecule has 94 valence electrons. The minimum Gasteiger partial charge on any atom is -0.354 e. The summed E-state index contributed by atoms with van der Waals surface area (Å²) in [7, 11) is 2.16. The zero-order valence-corrected chi connectivity index (χ0v) is 11.0. The Bertz CT molecular complexity index is 381. The van der Waals surface area contributed by atoms with Crippen LogP contribution in [0, 0.1) is 6.92 Å². The largest absolute Gasteiger partial charge is 0.354 e. The summed E-state index contributed by atoms with van der Waals surface area (Å²) in [5, 5.41) is 0. The van der Waals surface area contributed by atoms with Gasteiger partial charge in [0.25, 0.3) is 0 Å². The number of rotatable bonds is 2. The lowest BCUT2D eigenvalue weighted by Crippen LogP contribution is -2.44. The van der Waals surface area contributed by atoms with Gasteiger partial charge in [-0.3, -0.25) is 0 Å². The molecule has 1 saturated heterocycles. The van der Waals surface area contributed by atoms with Gasteiger partial charge in [0.1, 0.15) is 5.82 Å². The fraction of sp³-hybridized carbons (Fsp3) is 0.615. The molecular weight excluding hydrogens is 212 g/mol. The summed E-state index contributed by atoms with van der Waals surface area (Å²) >= 11 is 0. The minimum absolute atomic E-state index is 0.0593. The average molecular weight is 234 g/mol. The molecule has 0 radical (unpaired) electrons. The SMILES string of the molecule is Cc1cc(N2CCN(C)CC2)ncc1C(C)N. The van der Waals surface area contributed by atoms with Crippen LogP contribution in [0.2, 0.25) is 0 Å². The number of nitrogens with two attached hydrogens (primary N) is 1. The van der Waals surface area contributed by atoms with Crippen LogP contribution >= 0.6 is 0 Å². The molecule has 4 heteroatoms. The van der Waals surface area contributed by atoms with Gasteiger partial charge in [0.05, 0.1) is 0 Å². The summed E-state index contributed by atoms with van der Waals surface area (Å²) in [5.74, 6) is 1.08. The molecule has 4 nitrogen and oxygen atoms in total. The second-order valence-corrected chi connectivity index (χ2v) is 4.98. The van der Waals surface area contributed by atoms with E-state index in [4.69, 9.17) is 5.73 Å². The third kappa shape index (κ3) is 2.76. The third-order valence-corrected chi connectivity index (χ3v) is 3.45. The Hall–Kier alpha value is -1.13. The quantitative estimate of drug-likeness (QED) is 0.834. The zero-order chi connectivity index (χ0) is 12.4. The molecule has 1 unspecified atom stereocenters. The maximum Gasteiger partial charge on any atom is 0.128 e. The Morgan fingerprint density at radius 2 is 1.94 bits per heavy atom. The first-order valence-electron chi connectivity index (χ1n) is 6.23. The van der Waals surface area contributed by atoms with Crippen molar-refractivity contribution in [1.82, 2.24) is 9.88 Å². The highest BCUT2D eigenvalue weighted by Gasteiger charge is 2.16. The second kappa shape index (κ2) is 5.02. The molecule has 0 bridgehead atoms. The molecule has 2 N–H and O–H groups in total. The van der Waals surface area contributed by atoms with E-state index in [0.717, 1.165) is 37.6 Å². The molecule has 1 aromatic heterocycles. The van der Waals surface area contributed by atoms with Crippen molar-refractivity contribution in [2.75, 3.05) is 38.1 Å². The predicted octanol–water partition coefficient (Wildman–Crippen LogP) is 1.16. The van der Waals surface area contributed by atoms with Gasteiger partial charge in [-0.15, -0.1) is 0 Å². The topological polar surface area (TPSA) is 45.4 Å². The fourth-order valence-corrected chi connectivity index (χ4v) is 2.24. The van der Waals surface area contributed by atoms with Gasteiger partial charge in [0, 0.05) is 38.4 Å². The maximum absolute atomic E-state index is 5.90. The molecule has 2 heterocycles. The van der Waals surface area contributed by atoms with Crippen molar-refractivity contribution in [3.8, 4) is 0 Å². The van der Waals surface area contributed by atoms with Crippen molar-refractivity contribution in [3.05, 3.63) is 23.4 Å². The molecule has 1 aliphatic heterocycles. The van der Waals surface area contributed by atoms with E-state index >= 15 is 0 Å². The summed E-state index contributed by atoms with van der Waals surface area (Å²) in [5.41, 5.74) is 8.28. The number of hydrogen-bond acceptors (Lipinski definition) is 4. The first kappa shape index (κ1) is 12.3. The number of hydrogen-bond donors (Lipinski definition) is 1. The first-order valence-corrected chi connectivity index (χ1v) is 6.23. The van der Waals surface area contributed by atoms with Crippen LogP contribution in [-0.2, 0) is 0 Å². The summed E-state index contributed by atoms with van der Waals surface area (Å²) in [6.45, 7) is 8.44. The van der Waals surface area contributed by atoms with Crippen LogP contribution in [0.1, 0.15) is 24.1 Å². The third-order valence-electron chi connectivity index (χ3n) is 3.45. The van der Waals surface area contributed by atoms with E-state index < -0.39 is 0 Å². The van der Waals surface area contributed by atoms with Crippen LogP contribution in [0.4, 0.5) is 5.82 Å². The van der Waals surface area contributed by atoms with E-state index in [2.05, 4.69) is 34.8 Å². The second-order valence-electron chi connectivity index (χ2n) is 4.98. The minimum atomic E-state index is 0.0593. The predicted molar refractivity (Wildman–Crippen MR) is 71.3 cm³/mol. The van der Waals surface area contributed by atoms with Crippen LogP contribution in [0.25, 0.3) is 0 Å². The molecule has 0 aliphatic carbocycles. The van der Waals surface area contributed by atoms with Crippen LogP contribution in [0.3, 0.4) is 0 Å². The lowest BCUT2D eigenvalue weighted by molar-refractivity contribution is 0.312. The van der Waals surface area contributed by atoms with Gasteiger partial charge in [0.2, 0.25) is 0 Å². The van der Waals surface area contributed by atoms with Crippen LogP contribution in [-0.4, -0.2) is 43.1 Å². The van der Waals surface area contributed by atoms with E-state index in [9.17, 15) is 0 Å². The van der Waals surface area contributed by atoms with Gasteiger partial charge in [-0.1, -0.05) is 0 Å². The molecule has 1 aromatic rings. The molecule has 17 heavy (non-hydrogen) atoms. The van der Waals surface area contributed by atoms with E-state index in [1.165, 1.54) is 5.56 Å². The number of likely N-dealkylation sites (N-methyl/N-ethyl adjacent to an activating group) is 1. The Kier molecular flexibility index (Phi) is 3.64. The highest BCUT2D eigenvalue weighted by Crippen LogP contribution is 2.20. The molecule has 0 amide bonds. The van der Waals surface area contributed by atoms with Crippen molar-refractivity contribution in [1.29, 1.82) is 0 Å². The van der Waals surface area contributed by atoms with Crippen molar-refractivity contribution < 1.29 is 0 Å². The van der Waals surface area contributed by atoms with E-state index in [-0.39, 0.29) is 6.04 Å². The lowest BCUT2D eigenvalue weighted by atomic mass is 10.1. The number of anilines is 1. The number of aryl methyl sites for hydroxylation is 1. The molecule has 1 atom stereocenters. The average Bonchev–Trinajstić information content (AvgIpc) is 2.29. The van der Waals surface area contributed by atoms with Crippen molar-refractivity contribution in [2.24, 2.45) is 5.73 Å². The van der Waals surface area contributed by atoms with Gasteiger partial charge >= 0.3 is 0 Å². The summed E-state index contributed by atoms with van der Waals surface area (Å²) < 4.78 is 0. The molecule has 2 rings (SSSR count). The molecule has 1 aliphatic rings. The number of aromatic nitrogens is 1.